The standard InChI is InChI=1S/C12H17F2NO/c1-12(2,8-16)15-6-5-9-3-4-10(13)11(14)7-9/h3-4,7,15-16H,5-6,8H2,1-2H3. The van der Waals surface area contributed by atoms with Crippen molar-refractivity contribution in [2.24, 2.45) is 0 Å². The SMILES string of the molecule is CC(C)(CO)NCCc1ccc(F)c(F)c1. The third-order valence-electron chi connectivity index (χ3n) is 2.40. The lowest BCUT2D eigenvalue weighted by Crippen LogP contribution is -2.43. The number of benzene rings is 1. The van der Waals surface area contributed by atoms with Crippen molar-refractivity contribution in [1.29, 1.82) is 0 Å². The largest absolute Gasteiger partial charge is 0.394 e. The Bertz CT molecular complexity index is 353. The van der Waals surface area contributed by atoms with E-state index in [0.29, 0.717) is 13.0 Å². The van der Waals surface area contributed by atoms with Crippen molar-refractivity contribution in [3.05, 3.63) is 35.4 Å². The molecule has 0 saturated heterocycles. The van der Waals surface area contributed by atoms with Crippen molar-refractivity contribution >= 4 is 0 Å². The monoisotopic (exact) mass is 229 g/mol. The molecule has 0 unspecified atom stereocenters. The first kappa shape index (κ1) is 13.1. The Kier molecular flexibility index (Phi) is 4.38. The fourth-order valence-corrected chi connectivity index (χ4v) is 1.30. The van der Waals surface area contributed by atoms with E-state index in [9.17, 15) is 8.78 Å². The molecule has 90 valence electrons. The molecular formula is C12H17F2NO. The lowest BCUT2D eigenvalue weighted by Gasteiger charge is -2.23. The minimum atomic E-state index is -0.826. The number of aliphatic hydroxyl groups is 1. The topological polar surface area (TPSA) is 32.3 Å². The maximum atomic E-state index is 12.9. The highest BCUT2D eigenvalue weighted by Gasteiger charge is 2.14. The van der Waals surface area contributed by atoms with Gasteiger partial charge in [0.25, 0.3) is 0 Å². The van der Waals surface area contributed by atoms with Crippen LogP contribution < -0.4 is 5.32 Å². The fourth-order valence-electron chi connectivity index (χ4n) is 1.30. The summed E-state index contributed by atoms with van der Waals surface area (Å²) >= 11 is 0. The van der Waals surface area contributed by atoms with E-state index in [2.05, 4.69) is 5.32 Å². The molecule has 0 spiro atoms. The molecule has 1 rings (SSSR count). The summed E-state index contributed by atoms with van der Waals surface area (Å²) in [6.07, 6.45) is 0.598. The van der Waals surface area contributed by atoms with Gasteiger partial charge in [0, 0.05) is 5.54 Å². The molecule has 0 aliphatic heterocycles. The Morgan fingerprint density at radius 1 is 1.25 bits per heavy atom. The lowest BCUT2D eigenvalue weighted by molar-refractivity contribution is 0.189. The summed E-state index contributed by atoms with van der Waals surface area (Å²) in [5.41, 5.74) is 0.388. The van der Waals surface area contributed by atoms with Gasteiger partial charge in [0.15, 0.2) is 11.6 Å². The Hall–Kier alpha value is -1.00. The molecule has 2 nitrogen and oxygen atoms in total. The molecule has 1 aromatic rings. The summed E-state index contributed by atoms with van der Waals surface area (Å²) in [7, 11) is 0. The van der Waals surface area contributed by atoms with Crippen molar-refractivity contribution in [1.82, 2.24) is 5.32 Å². The summed E-state index contributed by atoms with van der Waals surface area (Å²) < 4.78 is 25.5. The first-order valence-electron chi connectivity index (χ1n) is 5.24. The second-order valence-corrected chi connectivity index (χ2v) is 4.47. The van der Waals surface area contributed by atoms with Crippen LogP contribution in [0.4, 0.5) is 8.78 Å². The summed E-state index contributed by atoms with van der Waals surface area (Å²) in [5.74, 6) is -1.65. The Balaban J connectivity index is 2.46. The molecule has 0 radical (unpaired) electrons. The minimum Gasteiger partial charge on any atom is -0.394 e. The van der Waals surface area contributed by atoms with Crippen LogP contribution in [0.25, 0.3) is 0 Å². The first-order valence-corrected chi connectivity index (χ1v) is 5.24. The van der Waals surface area contributed by atoms with Crippen LogP contribution in [0.15, 0.2) is 18.2 Å². The molecule has 0 saturated carbocycles. The minimum absolute atomic E-state index is 0.0325. The maximum absolute atomic E-state index is 12.9. The highest BCUT2D eigenvalue weighted by molar-refractivity contribution is 5.18. The fraction of sp³-hybridized carbons (Fsp3) is 0.500. The van der Waals surface area contributed by atoms with Gasteiger partial charge >= 0.3 is 0 Å². The van der Waals surface area contributed by atoms with Crippen molar-refractivity contribution in [3.63, 3.8) is 0 Å². The number of hydrogen-bond acceptors (Lipinski definition) is 2. The van der Waals surface area contributed by atoms with Gasteiger partial charge in [-0.25, -0.2) is 8.78 Å². The quantitative estimate of drug-likeness (QED) is 0.807. The smallest absolute Gasteiger partial charge is 0.159 e. The van der Waals surface area contributed by atoms with E-state index in [1.54, 1.807) is 6.07 Å². The van der Waals surface area contributed by atoms with E-state index in [1.807, 2.05) is 13.8 Å². The molecule has 0 amide bonds. The van der Waals surface area contributed by atoms with Gasteiger partial charge in [-0.2, -0.15) is 0 Å². The summed E-state index contributed by atoms with van der Waals surface area (Å²) in [6, 6.07) is 3.89. The lowest BCUT2D eigenvalue weighted by atomic mass is 10.1. The first-order chi connectivity index (χ1) is 7.44. The second kappa shape index (κ2) is 5.37. The highest BCUT2D eigenvalue weighted by atomic mass is 19.2. The van der Waals surface area contributed by atoms with Crippen LogP contribution in [0.3, 0.4) is 0 Å². The van der Waals surface area contributed by atoms with Crippen LogP contribution in [0.5, 0.6) is 0 Å². The normalized spacial score (nSPS) is 11.8. The zero-order valence-electron chi connectivity index (χ0n) is 9.56. The van der Waals surface area contributed by atoms with Crippen LogP contribution in [-0.2, 0) is 6.42 Å². The number of aliphatic hydroxyl groups excluding tert-OH is 1. The molecule has 0 bridgehead atoms. The van der Waals surface area contributed by atoms with Crippen molar-refractivity contribution in [3.8, 4) is 0 Å². The van der Waals surface area contributed by atoms with E-state index in [-0.39, 0.29) is 12.1 Å². The van der Waals surface area contributed by atoms with Gasteiger partial charge in [0.05, 0.1) is 6.61 Å². The maximum Gasteiger partial charge on any atom is 0.159 e. The molecule has 0 aliphatic carbocycles. The Morgan fingerprint density at radius 2 is 1.94 bits per heavy atom. The molecule has 0 aliphatic rings. The number of hydrogen-bond donors (Lipinski definition) is 2. The predicted molar refractivity (Wildman–Crippen MR) is 59.2 cm³/mol. The number of nitrogens with one attached hydrogen (secondary N) is 1. The summed E-state index contributed by atoms with van der Waals surface area (Å²) in [5, 5.41) is 12.1. The van der Waals surface area contributed by atoms with Gasteiger partial charge in [-0.1, -0.05) is 6.07 Å². The van der Waals surface area contributed by atoms with Gasteiger partial charge in [0.2, 0.25) is 0 Å². The van der Waals surface area contributed by atoms with Gasteiger partial charge < -0.3 is 10.4 Å². The molecule has 0 fully saturated rings. The number of rotatable bonds is 5. The van der Waals surface area contributed by atoms with Crippen molar-refractivity contribution in [2.75, 3.05) is 13.2 Å². The molecule has 0 atom stereocenters. The van der Waals surface area contributed by atoms with Gasteiger partial charge in [-0.15, -0.1) is 0 Å². The molecular weight excluding hydrogens is 212 g/mol. The van der Waals surface area contributed by atoms with E-state index in [1.165, 1.54) is 6.07 Å². The average molecular weight is 229 g/mol. The van der Waals surface area contributed by atoms with Gasteiger partial charge in [-0.05, 0) is 44.5 Å². The van der Waals surface area contributed by atoms with Crippen molar-refractivity contribution < 1.29 is 13.9 Å². The van der Waals surface area contributed by atoms with E-state index < -0.39 is 11.6 Å². The zero-order valence-corrected chi connectivity index (χ0v) is 9.56. The zero-order chi connectivity index (χ0) is 12.2. The number of halogens is 2. The van der Waals surface area contributed by atoms with Crippen LogP contribution in [0.2, 0.25) is 0 Å². The average Bonchev–Trinajstić information content (AvgIpc) is 2.23. The van der Waals surface area contributed by atoms with Crippen LogP contribution in [0, 0.1) is 11.6 Å². The van der Waals surface area contributed by atoms with Crippen LogP contribution in [0.1, 0.15) is 19.4 Å². The summed E-state index contributed by atoms with van der Waals surface area (Å²) in [6.45, 7) is 4.39. The van der Waals surface area contributed by atoms with E-state index >= 15 is 0 Å². The predicted octanol–water partition coefficient (Wildman–Crippen LogP) is 1.87. The van der Waals surface area contributed by atoms with Crippen molar-refractivity contribution in [2.45, 2.75) is 25.8 Å². The Morgan fingerprint density at radius 3 is 2.50 bits per heavy atom. The highest BCUT2D eigenvalue weighted by Crippen LogP contribution is 2.09. The molecule has 4 heteroatoms. The molecule has 1 aromatic carbocycles. The van der Waals surface area contributed by atoms with E-state index in [4.69, 9.17) is 5.11 Å². The molecule has 0 heterocycles. The summed E-state index contributed by atoms with van der Waals surface area (Å²) in [4.78, 5) is 0. The van der Waals surface area contributed by atoms with E-state index in [0.717, 1.165) is 11.6 Å². The third-order valence-corrected chi connectivity index (χ3v) is 2.40. The second-order valence-electron chi connectivity index (χ2n) is 4.47. The Labute approximate surface area is 94.3 Å². The molecule has 2 N–H and O–H groups in total. The molecule has 16 heavy (non-hydrogen) atoms. The van der Waals surface area contributed by atoms with Gasteiger partial charge in [-0.3, -0.25) is 0 Å². The van der Waals surface area contributed by atoms with Gasteiger partial charge in [0.1, 0.15) is 0 Å². The molecule has 0 aromatic heterocycles. The third kappa shape index (κ3) is 3.87. The van der Waals surface area contributed by atoms with Crippen LogP contribution in [-0.4, -0.2) is 23.8 Å². The van der Waals surface area contributed by atoms with Crippen LogP contribution >= 0.6 is 0 Å².